The fourth-order valence-electron chi connectivity index (χ4n) is 3.06. The highest BCUT2D eigenvalue weighted by Crippen LogP contribution is 2.28. The van der Waals surface area contributed by atoms with Gasteiger partial charge in [0.05, 0.1) is 7.11 Å². The van der Waals surface area contributed by atoms with Gasteiger partial charge in [0.15, 0.2) is 0 Å². The van der Waals surface area contributed by atoms with Gasteiger partial charge in [-0.1, -0.05) is 6.42 Å². The zero-order valence-corrected chi connectivity index (χ0v) is 11.8. The lowest BCUT2D eigenvalue weighted by atomic mass is 9.96. The van der Waals surface area contributed by atoms with Crippen molar-refractivity contribution in [3.63, 3.8) is 0 Å². The van der Waals surface area contributed by atoms with Gasteiger partial charge in [-0.25, -0.2) is 0 Å². The minimum absolute atomic E-state index is 0.594. The second-order valence-electron chi connectivity index (χ2n) is 5.55. The lowest BCUT2D eigenvalue weighted by Gasteiger charge is -2.24. The van der Waals surface area contributed by atoms with E-state index in [2.05, 4.69) is 35.4 Å². The molecule has 0 radical (unpaired) electrons. The van der Waals surface area contributed by atoms with Gasteiger partial charge in [-0.2, -0.15) is 0 Å². The predicted octanol–water partition coefficient (Wildman–Crippen LogP) is 3.17. The molecule has 1 aliphatic rings. The Balaban J connectivity index is 1.91. The van der Waals surface area contributed by atoms with E-state index in [1.54, 1.807) is 7.11 Å². The SMILES string of the molecule is COc1cc2cc(C)[nH]c2cc1CC1CCCCN1. The van der Waals surface area contributed by atoms with Crippen molar-refractivity contribution >= 4 is 10.9 Å². The molecule has 1 aliphatic heterocycles. The summed E-state index contributed by atoms with van der Waals surface area (Å²) < 4.78 is 5.56. The minimum Gasteiger partial charge on any atom is -0.496 e. The average Bonchev–Trinajstić information content (AvgIpc) is 2.78. The zero-order valence-electron chi connectivity index (χ0n) is 11.8. The Kier molecular flexibility index (Phi) is 3.47. The molecule has 3 heteroatoms. The molecule has 1 atom stereocenters. The maximum absolute atomic E-state index is 5.56. The van der Waals surface area contributed by atoms with Crippen molar-refractivity contribution in [1.82, 2.24) is 10.3 Å². The first-order chi connectivity index (χ1) is 9.26. The number of hydrogen-bond acceptors (Lipinski definition) is 2. The number of benzene rings is 1. The third kappa shape index (κ3) is 2.61. The van der Waals surface area contributed by atoms with Crippen molar-refractivity contribution in [3.05, 3.63) is 29.5 Å². The molecule has 2 aromatic rings. The Labute approximate surface area is 114 Å². The molecule has 1 fully saturated rings. The molecule has 2 heterocycles. The average molecular weight is 258 g/mol. The standard InChI is InChI=1S/C16H22N2O/c1-11-7-12-10-16(19-2)13(9-15(12)18-11)8-14-5-3-4-6-17-14/h7,9-10,14,17-18H,3-6,8H2,1-2H3. The topological polar surface area (TPSA) is 37.0 Å². The quantitative estimate of drug-likeness (QED) is 0.887. The third-order valence-electron chi connectivity index (χ3n) is 4.04. The monoisotopic (exact) mass is 258 g/mol. The summed E-state index contributed by atoms with van der Waals surface area (Å²) in [4.78, 5) is 3.41. The second kappa shape index (κ2) is 5.25. The van der Waals surface area contributed by atoms with Crippen LogP contribution < -0.4 is 10.1 Å². The van der Waals surface area contributed by atoms with Crippen LogP contribution in [0.3, 0.4) is 0 Å². The van der Waals surface area contributed by atoms with E-state index in [1.807, 2.05) is 0 Å². The zero-order chi connectivity index (χ0) is 13.2. The second-order valence-corrected chi connectivity index (χ2v) is 5.55. The van der Waals surface area contributed by atoms with Crippen molar-refractivity contribution in [1.29, 1.82) is 0 Å². The number of fused-ring (bicyclic) bond motifs is 1. The van der Waals surface area contributed by atoms with E-state index in [1.165, 1.54) is 41.4 Å². The summed E-state index contributed by atoms with van der Waals surface area (Å²) >= 11 is 0. The Bertz CT molecular complexity index is 567. The molecule has 2 N–H and O–H groups in total. The lowest BCUT2D eigenvalue weighted by molar-refractivity contribution is 0.382. The molecule has 1 aromatic carbocycles. The highest BCUT2D eigenvalue weighted by atomic mass is 16.5. The number of aromatic amines is 1. The molecular weight excluding hydrogens is 236 g/mol. The molecule has 0 amide bonds. The van der Waals surface area contributed by atoms with Gasteiger partial charge < -0.3 is 15.0 Å². The fourth-order valence-corrected chi connectivity index (χ4v) is 3.06. The summed E-state index contributed by atoms with van der Waals surface area (Å²) in [6, 6.07) is 7.16. The van der Waals surface area contributed by atoms with Gasteiger partial charge in [0.1, 0.15) is 5.75 Å². The maximum atomic E-state index is 5.56. The van der Waals surface area contributed by atoms with Gasteiger partial charge in [0, 0.05) is 22.6 Å². The summed E-state index contributed by atoms with van der Waals surface area (Å²) in [5.74, 6) is 1.01. The van der Waals surface area contributed by atoms with Crippen LogP contribution in [0.4, 0.5) is 0 Å². The van der Waals surface area contributed by atoms with Crippen LogP contribution >= 0.6 is 0 Å². The van der Waals surface area contributed by atoms with E-state index in [4.69, 9.17) is 4.74 Å². The predicted molar refractivity (Wildman–Crippen MR) is 78.9 cm³/mol. The lowest BCUT2D eigenvalue weighted by Crippen LogP contribution is -2.35. The first kappa shape index (κ1) is 12.5. The van der Waals surface area contributed by atoms with Crippen LogP contribution in [0.1, 0.15) is 30.5 Å². The van der Waals surface area contributed by atoms with Gasteiger partial charge in [-0.3, -0.25) is 0 Å². The molecule has 19 heavy (non-hydrogen) atoms. The number of aryl methyl sites for hydroxylation is 1. The first-order valence-electron chi connectivity index (χ1n) is 7.16. The molecule has 102 valence electrons. The molecule has 1 saturated heterocycles. The molecule has 3 nitrogen and oxygen atoms in total. The summed E-state index contributed by atoms with van der Waals surface area (Å²) in [5.41, 5.74) is 3.71. The first-order valence-corrected chi connectivity index (χ1v) is 7.16. The fraction of sp³-hybridized carbons (Fsp3) is 0.500. The van der Waals surface area contributed by atoms with Gasteiger partial charge in [0.2, 0.25) is 0 Å². The number of aromatic nitrogens is 1. The van der Waals surface area contributed by atoms with E-state index in [9.17, 15) is 0 Å². The van der Waals surface area contributed by atoms with Gasteiger partial charge in [-0.15, -0.1) is 0 Å². The number of ether oxygens (including phenoxy) is 1. The summed E-state index contributed by atoms with van der Waals surface area (Å²) in [6.45, 7) is 3.24. The van der Waals surface area contributed by atoms with E-state index >= 15 is 0 Å². The number of piperidine rings is 1. The Morgan fingerprint density at radius 1 is 1.26 bits per heavy atom. The largest absolute Gasteiger partial charge is 0.496 e. The van der Waals surface area contributed by atoms with Gasteiger partial charge in [-0.05, 0) is 56.5 Å². The summed E-state index contributed by atoms with van der Waals surface area (Å²) in [5, 5.41) is 4.84. The maximum Gasteiger partial charge on any atom is 0.122 e. The van der Waals surface area contributed by atoms with E-state index in [0.717, 1.165) is 18.7 Å². The number of rotatable bonds is 3. The van der Waals surface area contributed by atoms with E-state index in [-0.39, 0.29) is 0 Å². The normalized spacial score (nSPS) is 19.8. The highest BCUT2D eigenvalue weighted by Gasteiger charge is 2.16. The molecule has 1 aromatic heterocycles. The van der Waals surface area contributed by atoms with Crippen LogP contribution in [0.2, 0.25) is 0 Å². The van der Waals surface area contributed by atoms with Crippen LogP contribution in [0.5, 0.6) is 5.75 Å². The van der Waals surface area contributed by atoms with Crippen LogP contribution in [0, 0.1) is 6.92 Å². The third-order valence-corrected chi connectivity index (χ3v) is 4.04. The Morgan fingerprint density at radius 3 is 2.89 bits per heavy atom. The molecule has 0 spiro atoms. The molecule has 1 unspecified atom stereocenters. The number of methoxy groups -OCH3 is 1. The Morgan fingerprint density at radius 2 is 2.16 bits per heavy atom. The van der Waals surface area contributed by atoms with Crippen molar-refractivity contribution < 1.29 is 4.74 Å². The minimum atomic E-state index is 0.594. The molecule has 0 bridgehead atoms. The molecular formula is C16H22N2O. The van der Waals surface area contributed by atoms with E-state index < -0.39 is 0 Å². The van der Waals surface area contributed by atoms with Crippen LogP contribution in [0.15, 0.2) is 18.2 Å². The van der Waals surface area contributed by atoms with Crippen LogP contribution in [-0.2, 0) is 6.42 Å². The van der Waals surface area contributed by atoms with E-state index in [0.29, 0.717) is 6.04 Å². The summed E-state index contributed by atoms with van der Waals surface area (Å²) in [6.07, 6.45) is 4.97. The van der Waals surface area contributed by atoms with Gasteiger partial charge in [0.25, 0.3) is 0 Å². The highest BCUT2D eigenvalue weighted by molar-refractivity contribution is 5.83. The number of nitrogens with one attached hydrogen (secondary N) is 2. The van der Waals surface area contributed by atoms with Crippen LogP contribution in [0.25, 0.3) is 10.9 Å². The summed E-state index contributed by atoms with van der Waals surface area (Å²) in [7, 11) is 1.76. The van der Waals surface area contributed by atoms with Crippen LogP contribution in [-0.4, -0.2) is 24.7 Å². The number of H-pyrrole nitrogens is 1. The smallest absolute Gasteiger partial charge is 0.122 e. The van der Waals surface area contributed by atoms with Crippen molar-refractivity contribution in [2.24, 2.45) is 0 Å². The van der Waals surface area contributed by atoms with Crippen molar-refractivity contribution in [3.8, 4) is 5.75 Å². The molecule has 0 aliphatic carbocycles. The molecule has 0 saturated carbocycles. The van der Waals surface area contributed by atoms with Crippen molar-refractivity contribution in [2.75, 3.05) is 13.7 Å². The molecule has 3 rings (SSSR count). The Hall–Kier alpha value is -1.48. The number of hydrogen-bond donors (Lipinski definition) is 2. The van der Waals surface area contributed by atoms with Crippen molar-refractivity contribution in [2.45, 2.75) is 38.6 Å². The van der Waals surface area contributed by atoms with Gasteiger partial charge >= 0.3 is 0 Å².